The summed E-state index contributed by atoms with van der Waals surface area (Å²) < 4.78 is 0. The average Bonchev–Trinajstić information content (AvgIpc) is 3.41. The quantitative estimate of drug-likeness (QED) is 0.857. The van der Waals surface area contributed by atoms with Crippen LogP contribution in [-0.2, 0) is 10.3 Å². The molecule has 0 aromatic heterocycles. The van der Waals surface area contributed by atoms with Gasteiger partial charge < -0.3 is 10.6 Å². The molecule has 2 aliphatic rings. The maximum absolute atomic E-state index is 12.2. The second kappa shape index (κ2) is 4.95. The Bertz CT molecular complexity index is 811. The molecule has 1 fully saturated rings. The minimum Gasteiger partial charge on any atom is -0.341 e. The van der Waals surface area contributed by atoms with Gasteiger partial charge in [-0.25, -0.2) is 4.79 Å². The number of hydrogen-bond acceptors (Lipinski definition) is 2. The van der Waals surface area contributed by atoms with Gasteiger partial charge in [-0.2, -0.15) is 0 Å². The number of nitrogens with one attached hydrogen (secondary N) is 2. The van der Waals surface area contributed by atoms with Crippen LogP contribution in [0.5, 0.6) is 0 Å². The van der Waals surface area contributed by atoms with Gasteiger partial charge in [0.1, 0.15) is 5.54 Å². The monoisotopic (exact) mass is 306 g/mol. The first kappa shape index (κ1) is 14.0. The summed E-state index contributed by atoms with van der Waals surface area (Å²) >= 11 is 0. The van der Waals surface area contributed by atoms with Crippen molar-refractivity contribution in [3.63, 3.8) is 0 Å². The number of benzene rings is 2. The predicted octanol–water partition coefficient (Wildman–Crippen LogP) is 2.92. The highest BCUT2D eigenvalue weighted by molar-refractivity contribution is 5.95. The summed E-state index contributed by atoms with van der Waals surface area (Å²) in [5, 5.41) is 5.43. The number of amides is 2. The molecule has 0 spiro atoms. The Hall–Kier alpha value is -2.62. The lowest BCUT2D eigenvalue weighted by Gasteiger charge is -2.27. The second-order valence-electron chi connectivity index (χ2n) is 6.25. The van der Waals surface area contributed by atoms with Crippen molar-refractivity contribution in [2.75, 3.05) is 7.05 Å². The SMILES string of the molecule is CNC(=O)N[C@]1(C=O)c2ccccc2-c2ccc(C3CC3)cc21. The molecule has 116 valence electrons. The van der Waals surface area contributed by atoms with Crippen LogP contribution in [0.1, 0.15) is 35.4 Å². The molecular weight excluding hydrogens is 288 g/mol. The summed E-state index contributed by atoms with van der Waals surface area (Å²) in [5.74, 6) is 0.591. The van der Waals surface area contributed by atoms with Crippen LogP contribution in [0.15, 0.2) is 42.5 Å². The van der Waals surface area contributed by atoms with Gasteiger partial charge >= 0.3 is 6.03 Å². The van der Waals surface area contributed by atoms with Crippen molar-refractivity contribution in [3.8, 4) is 11.1 Å². The van der Waals surface area contributed by atoms with Gasteiger partial charge in [-0.1, -0.05) is 42.5 Å². The van der Waals surface area contributed by atoms with Gasteiger partial charge in [-0.15, -0.1) is 0 Å². The predicted molar refractivity (Wildman–Crippen MR) is 88.3 cm³/mol. The van der Waals surface area contributed by atoms with Gasteiger partial charge in [0.2, 0.25) is 0 Å². The van der Waals surface area contributed by atoms with Crippen molar-refractivity contribution in [2.45, 2.75) is 24.3 Å². The molecule has 0 bridgehead atoms. The summed E-state index contributed by atoms with van der Waals surface area (Å²) in [4.78, 5) is 24.2. The van der Waals surface area contributed by atoms with Crippen LogP contribution in [0.2, 0.25) is 0 Å². The molecule has 4 rings (SSSR count). The third-order valence-corrected chi connectivity index (χ3v) is 4.87. The highest BCUT2D eigenvalue weighted by Gasteiger charge is 2.45. The molecule has 0 aliphatic heterocycles. The zero-order chi connectivity index (χ0) is 16.0. The summed E-state index contributed by atoms with van der Waals surface area (Å²) in [6.07, 6.45) is 3.25. The van der Waals surface area contributed by atoms with Crippen LogP contribution < -0.4 is 10.6 Å². The van der Waals surface area contributed by atoms with Gasteiger partial charge in [0, 0.05) is 7.05 Å². The number of urea groups is 1. The Kier molecular flexibility index (Phi) is 3.01. The molecule has 0 radical (unpaired) electrons. The van der Waals surface area contributed by atoms with Gasteiger partial charge in [0.15, 0.2) is 6.29 Å². The van der Waals surface area contributed by atoms with Gasteiger partial charge in [0.05, 0.1) is 0 Å². The molecule has 2 amide bonds. The Labute approximate surface area is 134 Å². The van der Waals surface area contributed by atoms with Crippen LogP contribution >= 0.6 is 0 Å². The average molecular weight is 306 g/mol. The Morgan fingerprint density at radius 1 is 1.13 bits per heavy atom. The van der Waals surface area contributed by atoms with Crippen molar-refractivity contribution in [3.05, 3.63) is 59.2 Å². The van der Waals surface area contributed by atoms with E-state index in [0.29, 0.717) is 5.92 Å². The normalized spacial score (nSPS) is 21.3. The zero-order valence-electron chi connectivity index (χ0n) is 12.9. The summed E-state index contributed by atoms with van der Waals surface area (Å²) in [6, 6.07) is 13.7. The lowest BCUT2D eigenvalue weighted by atomic mass is 9.88. The van der Waals surface area contributed by atoms with E-state index in [4.69, 9.17) is 0 Å². The first-order valence-electron chi connectivity index (χ1n) is 7.90. The first-order chi connectivity index (χ1) is 11.2. The van der Waals surface area contributed by atoms with Crippen LogP contribution in [0.4, 0.5) is 4.79 Å². The number of carbonyl (C=O) groups excluding carboxylic acids is 2. The van der Waals surface area contributed by atoms with E-state index in [1.54, 1.807) is 7.05 Å². The summed E-state index contributed by atoms with van der Waals surface area (Å²) in [5.41, 5.74) is 3.88. The fraction of sp³-hybridized carbons (Fsp3) is 0.263. The Morgan fingerprint density at radius 2 is 1.87 bits per heavy atom. The van der Waals surface area contributed by atoms with Crippen LogP contribution in [0.25, 0.3) is 11.1 Å². The van der Waals surface area contributed by atoms with E-state index >= 15 is 0 Å². The minimum atomic E-state index is -1.11. The summed E-state index contributed by atoms with van der Waals surface area (Å²) in [6.45, 7) is 0. The fourth-order valence-corrected chi connectivity index (χ4v) is 3.53. The van der Waals surface area contributed by atoms with Crippen molar-refractivity contribution < 1.29 is 9.59 Å². The maximum Gasteiger partial charge on any atom is 0.315 e. The molecule has 2 N–H and O–H groups in total. The lowest BCUT2D eigenvalue weighted by molar-refractivity contribution is -0.111. The Morgan fingerprint density at radius 3 is 2.57 bits per heavy atom. The number of rotatable bonds is 3. The number of hydrogen-bond donors (Lipinski definition) is 2. The van der Waals surface area contributed by atoms with E-state index in [9.17, 15) is 9.59 Å². The fourth-order valence-electron chi connectivity index (χ4n) is 3.53. The second-order valence-corrected chi connectivity index (χ2v) is 6.25. The highest BCUT2D eigenvalue weighted by Crippen LogP contribution is 2.49. The number of carbonyl (C=O) groups is 2. The van der Waals surface area contributed by atoms with E-state index in [1.165, 1.54) is 18.4 Å². The van der Waals surface area contributed by atoms with Crippen molar-refractivity contribution in [1.82, 2.24) is 10.6 Å². The summed E-state index contributed by atoms with van der Waals surface area (Å²) in [7, 11) is 1.55. The third kappa shape index (κ3) is 1.98. The van der Waals surface area contributed by atoms with E-state index in [2.05, 4.69) is 28.8 Å². The van der Waals surface area contributed by atoms with Crippen LogP contribution in [0, 0.1) is 0 Å². The molecule has 0 heterocycles. The molecule has 0 saturated heterocycles. The smallest absolute Gasteiger partial charge is 0.315 e. The molecule has 2 aliphatic carbocycles. The van der Waals surface area contributed by atoms with Gasteiger partial charge in [-0.3, -0.25) is 4.79 Å². The molecule has 23 heavy (non-hydrogen) atoms. The molecular formula is C19H18N2O2. The topological polar surface area (TPSA) is 58.2 Å². The number of fused-ring (bicyclic) bond motifs is 3. The van der Waals surface area contributed by atoms with Crippen LogP contribution in [-0.4, -0.2) is 19.4 Å². The van der Waals surface area contributed by atoms with Gasteiger partial charge in [0.25, 0.3) is 0 Å². The number of aldehydes is 1. The van der Waals surface area contributed by atoms with Crippen molar-refractivity contribution in [2.24, 2.45) is 0 Å². The zero-order valence-corrected chi connectivity index (χ0v) is 12.9. The minimum absolute atomic E-state index is 0.364. The van der Waals surface area contributed by atoms with E-state index in [0.717, 1.165) is 28.5 Å². The Balaban J connectivity index is 1.95. The van der Waals surface area contributed by atoms with Gasteiger partial charge in [-0.05, 0) is 46.6 Å². The van der Waals surface area contributed by atoms with Crippen molar-refractivity contribution in [1.29, 1.82) is 0 Å². The van der Waals surface area contributed by atoms with E-state index in [-0.39, 0.29) is 6.03 Å². The van der Waals surface area contributed by atoms with Crippen LogP contribution in [0.3, 0.4) is 0 Å². The molecule has 2 aromatic carbocycles. The molecule has 1 saturated carbocycles. The molecule has 2 aromatic rings. The molecule has 1 atom stereocenters. The lowest BCUT2D eigenvalue weighted by Crippen LogP contribution is -2.50. The molecule has 0 unspecified atom stereocenters. The third-order valence-electron chi connectivity index (χ3n) is 4.87. The maximum atomic E-state index is 12.2. The standard InChI is InChI=1S/C19H18N2O2/c1-20-18(23)21-19(11-22)16-5-3-2-4-14(16)15-9-8-13(10-17(15)19)12-6-7-12/h2-5,8-12H,6-7H2,1H3,(H2,20,21,23)/t19-/m1/s1. The van der Waals surface area contributed by atoms with E-state index in [1.807, 2.05) is 24.3 Å². The van der Waals surface area contributed by atoms with Crippen molar-refractivity contribution >= 4 is 12.3 Å². The highest BCUT2D eigenvalue weighted by atomic mass is 16.2. The largest absolute Gasteiger partial charge is 0.341 e. The molecule has 4 heteroatoms. The first-order valence-corrected chi connectivity index (χ1v) is 7.90. The van der Waals surface area contributed by atoms with E-state index < -0.39 is 5.54 Å². The molecule has 4 nitrogen and oxygen atoms in total.